The van der Waals surface area contributed by atoms with Gasteiger partial charge in [0.15, 0.2) is 0 Å². The first-order valence-electron chi connectivity index (χ1n) is 5.93. The van der Waals surface area contributed by atoms with Crippen LogP contribution in [0.3, 0.4) is 0 Å². The largest absolute Gasteiger partial charge is 0.394 e. The standard InChI is InChI=1S/C12H14F2N2O4/c13-12(14)10(19)7(5-17)20-11(12)6-2-1-3-8(15)16-9(18)4-6/h1,3-4,7,10-11,17,19H,2,5H2,(H2,15,16,18). The van der Waals surface area contributed by atoms with E-state index in [-0.39, 0.29) is 17.8 Å². The molecule has 1 saturated heterocycles. The molecule has 8 heteroatoms. The number of carbonyl (C=O) groups excluding carboxylic acids is 1. The molecule has 0 radical (unpaired) electrons. The molecule has 4 N–H and O–H groups in total. The Hall–Kier alpha value is -1.64. The molecule has 0 spiro atoms. The highest BCUT2D eigenvalue weighted by atomic mass is 19.3. The van der Waals surface area contributed by atoms with Crippen LogP contribution in [0.15, 0.2) is 28.8 Å². The minimum absolute atomic E-state index is 0.00703. The van der Waals surface area contributed by atoms with E-state index < -0.39 is 36.7 Å². The Morgan fingerprint density at radius 1 is 1.55 bits per heavy atom. The summed E-state index contributed by atoms with van der Waals surface area (Å²) in [4.78, 5) is 14.9. The van der Waals surface area contributed by atoms with Gasteiger partial charge in [0.05, 0.1) is 6.61 Å². The third-order valence-corrected chi connectivity index (χ3v) is 3.11. The molecule has 0 aromatic heterocycles. The molecule has 0 bridgehead atoms. The lowest BCUT2D eigenvalue weighted by molar-refractivity contribution is -0.114. The summed E-state index contributed by atoms with van der Waals surface area (Å²) in [6.07, 6.45) is -1.58. The Kier molecular flexibility index (Phi) is 3.98. The third kappa shape index (κ3) is 2.62. The minimum Gasteiger partial charge on any atom is -0.394 e. The first kappa shape index (κ1) is 14.8. The lowest BCUT2D eigenvalue weighted by atomic mass is 9.97. The number of alkyl halides is 2. The van der Waals surface area contributed by atoms with Crippen LogP contribution in [0.2, 0.25) is 0 Å². The topological polar surface area (TPSA) is 105 Å². The van der Waals surface area contributed by atoms with Gasteiger partial charge in [-0.3, -0.25) is 4.79 Å². The number of allylic oxidation sites excluding steroid dienone is 1. The fraction of sp³-hybridized carbons (Fsp3) is 0.500. The Morgan fingerprint density at radius 3 is 2.85 bits per heavy atom. The molecule has 3 unspecified atom stereocenters. The van der Waals surface area contributed by atoms with E-state index in [4.69, 9.17) is 15.6 Å². The third-order valence-electron chi connectivity index (χ3n) is 3.11. The summed E-state index contributed by atoms with van der Waals surface area (Å²) in [6, 6.07) is 0. The van der Waals surface area contributed by atoms with E-state index in [2.05, 4.69) is 4.99 Å². The van der Waals surface area contributed by atoms with Crippen LogP contribution < -0.4 is 5.73 Å². The maximum absolute atomic E-state index is 13.9. The molecular formula is C12H14F2N2O4. The van der Waals surface area contributed by atoms with Crippen LogP contribution in [0.25, 0.3) is 0 Å². The van der Waals surface area contributed by atoms with Crippen LogP contribution in [0.1, 0.15) is 6.42 Å². The summed E-state index contributed by atoms with van der Waals surface area (Å²) >= 11 is 0. The molecule has 1 amide bonds. The molecule has 6 nitrogen and oxygen atoms in total. The van der Waals surface area contributed by atoms with Crippen molar-refractivity contribution in [2.75, 3.05) is 6.61 Å². The van der Waals surface area contributed by atoms with Gasteiger partial charge in [-0.15, -0.1) is 0 Å². The summed E-state index contributed by atoms with van der Waals surface area (Å²) in [5.74, 6) is -4.39. The van der Waals surface area contributed by atoms with Crippen molar-refractivity contribution in [1.82, 2.24) is 0 Å². The van der Waals surface area contributed by atoms with Gasteiger partial charge < -0.3 is 20.7 Å². The van der Waals surface area contributed by atoms with E-state index in [9.17, 15) is 18.7 Å². The van der Waals surface area contributed by atoms with E-state index in [1.165, 1.54) is 12.2 Å². The Morgan fingerprint density at radius 2 is 2.25 bits per heavy atom. The minimum atomic E-state index is -3.60. The Balaban J connectivity index is 2.31. The number of nitrogens with zero attached hydrogens (tertiary/aromatic N) is 1. The normalized spacial score (nSPS) is 33.4. The highest BCUT2D eigenvalue weighted by Crippen LogP contribution is 2.40. The van der Waals surface area contributed by atoms with Crippen molar-refractivity contribution in [2.24, 2.45) is 10.7 Å². The SMILES string of the molecule is NC1=NC(=O)C=C(C2OC(CO)C(O)C2(F)F)CC=C1. The van der Waals surface area contributed by atoms with E-state index >= 15 is 0 Å². The number of nitrogens with two attached hydrogens (primary N) is 1. The van der Waals surface area contributed by atoms with Crippen molar-refractivity contribution in [1.29, 1.82) is 0 Å². The first-order valence-corrected chi connectivity index (χ1v) is 5.93. The predicted molar refractivity (Wildman–Crippen MR) is 65.2 cm³/mol. The molecule has 20 heavy (non-hydrogen) atoms. The molecule has 0 aliphatic carbocycles. The van der Waals surface area contributed by atoms with Gasteiger partial charge in [-0.2, -0.15) is 4.99 Å². The van der Waals surface area contributed by atoms with Crippen LogP contribution in [0.4, 0.5) is 8.78 Å². The molecule has 2 rings (SSSR count). The summed E-state index contributed by atoms with van der Waals surface area (Å²) < 4.78 is 32.8. The van der Waals surface area contributed by atoms with Gasteiger partial charge in [0.2, 0.25) is 0 Å². The zero-order valence-electron chi connectivity index (χ0n) is 10.4. The number of ether oxygens (including phenoxy) is 1. The molecule has 0 aromatic rings. The molecule has 0 saturated carbocycles. The monoisotopic (exact) mass is 288 g/mol. The molecule has 110 valence electrons. The molecular weight excluding hydrogens is 274 g/mol. The number of carbonyl (C=O) groups is 1. The summed E-state index contributed by atoms with van der Waals surface area (Å²) in [6.45, 7) is -0.741. The second-order valence-corrected chi connectivity index (χ2v) is 4.56. The average molecular weight is 288 g/mol. The van der Waals surface area contributed by atoms with Crippen molar-refractivity contribution >= 4 is 11.7 Å². The van der Waals surface area contributed by atoms with Gasteiger partial charge in [0.1, 0.15) is 24.1 Å². The van der Waals surface area contributed by atoms with E-state index in [0.29, 0.717) is 0 Å². The molecule has 3 atom stereocenters. The maximum Gasteiger partial charge on any atom is 0.305 e. The lowest BCUT2D eigenvalue weighted by Gasteiger charge is -2.21. The van der Waals surface area contributed by atoms with Crippen molar-refractivity contribution < 1.29 is 28.5 Å². The molecule has 2 aliphatic heterocycles. The molecule has 2 aliphatic rings. The van der Waals surface area contributed by atoms with Crippen molar-refractivity contribution in [3.63, 3.8) is 0 Å². The van der Waals surface area contributed by atoms with Gasteiger partial charge in [0.25, 0.3) is 5.91 Å². The first-order chi connectivity index (χ1) is 9.36. The molecule has 1 fully saturated rings. The van der Waals surface area contributed by atoms with Gasteiger partial charge in [-0.25, -0.2) is 8.78 Å². The number of hydrogen-bond donors (Lipinski definition) is 3. The highest BCUT2D eigenvalue weighted by molar-refractivity contribution is 6.04. The fourth-order valence-electron chi connectivity index (χ4n) is 2.13. The van der Waals surface area contributed by atoms with Gasteiger partial charge in [-0.05, 0) is 18.1 Å². The van der Waals surface area contributed by atoms with E-state index in [0.717, 1.165) is 6.08 Å². The lowest BCUT2D eigenvalue weighted by Crippen LogP contribution is -2.41. The van der Waals surface area contributed by atoms with Crippen molar-refractivity contribution in [2.45, 2.75) is 30.7 Å². The van der Waals surface area contributed by atoms with Crippen molar-refractivity contribution in [3.8, 4) is 0 Å². The van der Waals surface area contributed by atoms with Crippen LogP contribution in [-0.4, -0.2) is 52.8 Å². The number of rotatable bonds is 2. The summed E-state index contributed by atoms with van der Waals surface area (Å²) in [7, 11) is 0. The van der Waals surface area contributed by atoms with Crippen molar-refractivity contribution in [3.05, 3.63) is 23.8 Å². The zero-order valence-corrected chi connectivity index (χ0v) is 10.4. The van der Waals surface area contributed by atoms with Gasteiger partial charge >= 0.3 is 5.92 Å². The second kappa shape index (κ2) is 5.39. The van der Waals surface area contributed by atoms with Crippen LogP contribution in [0.5, 0.6) is 0 Å². The smallest absolute Gasteiger partial charge is 0.305 e. The van der Waals surface area contributed by atoms with Crippen LogP contribution in [-0.2, 0) is 9.53 Å². The van der Waals surface area contributed by atoms with Crippen LogP contribution in [0, 0.1) is 0 Å². The number of aliphatic hydroxyl groups is 2. The quantitative estimate of drug-likeness (QED) is 0.636. The Labute approximate surface area is 113 Å². The second-order valence-electron chi connectivity index (χ2n) is 4.56. The number of halogens is 2. The Bertz CT molecular complexity index is 502. The van der Waals surface area contributed by atoms with Gasteiger partial charge in [0, 0.05) is 6.08 Å². The molecule has 0 aromatic carbocycles. The van der Waals surface area contributed by atoms with E-state index in [1.54, 1.807) is 0 Å². The van der Waals surface area contributed by atoms with E-state index in [1.807, 2.05) is 0 Å². The van der Waals surface area contributed by atoms with Gasteiger partial charge in [-0.1, -0.05) is 6.08 Å². The number of hydrogen-bond acceptors (Lipinski definition) is 5. The highest BCUT2D eigenvalue weighted by Gasteiger charge is 2.59. The number of amidine groups is 1. The summed E-state index contributed by atoms with van der Waals surface area (Å²) in [5.41, 5.74) is 5.35. The number of amides is 1. The maximum atomic E-state index is 13.9. The zero-order chi connectivity index (χ0) is 14.9. The molecule has 2 heterocycles. The number of aliphatic hydroxyl groups excluding tert-OH is 2. The number of aliphatic imine (C=N–C) groups is 1. The van der Waals surface area contributed by atoms with Crippen LogP contribution >= 0.6 is 0 Å². The fourth-order valence-corrected chi connectivity index (χ4v) is 2.13. The average Bonchev–Trinajstić information content (AvgIpc) is 2.57. The summed E-state index contributed by atoms with van der Waals surface area (Å²) in [5, 5.41) is 18.4. The predicted octanol–water partition coefficient (Wildman–Crippen LogP) is -0.488.